The number of benzene rings is 1. The summed E-state index contributed by atoms with van der Waals surface area (Å²) in [6, 6.07) is 7.89. The number of carbonyl (C=O) groups excluding carboxylic acids is 1. The molecule has 3 rings (SSSR count). The summed E-state index contributed by atoms with van der Waals surface area (Å²) in [6.07, 6.45) is 3.85. The first-order valence-corrected chi connectivity index (χ1v) is 7.45. The molecule has 2 heterocycles. The predicted octanol–water partition coefficient (Wildman–Crippen LogP) is 3.85. The Morgan fingerprint density at radius 1 is 1.45 bits per heavy atom. The second-order valence-electron chi connectivity index (χ2n) is 5.80. The van der Waals surface area contributed by atoms with Crippen molar-refractivity contribution in [1.29, 1.82) is 0 Å². The van der Waals surface area contributed by atoms with E-state index in [-0.39, 0.29) is 5.78 Å². The minimum Gasteiger partial charge on any atom is -0.453 e. The summed E-state index contributed by atoms with van der Waals surface area (Å²) in [4.78, 5) is 12.9. The number of nitrogens with one attached hydrogen (secondary N) is 1. The van der Waals surface area contributed by atoms with E-state index in [4.69, 9.17) is 4.42 Å². The molecule has 1 fully saturated rings. The molecule has 20 heavy (non-hydrogen) atoms. The van der Waals surface area contributed by atoms with Gasteiger partial charge in [0.1, 0.15) is 5.58 Å². The number of ketones is 1. The molecule has 1 aromatic heterocycles. The molecular formula is C17H21NO2. The summed E-state index contributed by atoms with van der Waals surface area (Å²) < 4.78 is 5.85. The fourth-order valence-electron chi connectivity index (χ4n) is 3.31. The minimum atomic E-state index is -0.406. The van der Waals surface area contributed by atoms with Crippen LogP contribution in [0.3, 0.4) is 0 Å². The maximum Gasteiger partial charge on any atom is 0.217 e. The van der Waals surface area contributed by atoms with Crippen LogP contribution >= 0.6 is 0 Å². The van der Waals surface area contributed by atoms with Crippen LogP contribution in [0.4, 0.5) is 0 Å². The molecule has 1 aromatic carbocycles. The smallest absolute Gasteiger partial charge is 0.217 e. The van der Waals surface area contributed by atoms with Crippen LogP contribution in [-0.2, 0) is 0 Å². The van der Waals surface area contributed by atoms with Crippen LogP contribution in [0.2, 0.25) is 0 Å². The van der Waals surface area contributed by atoms with Crippen LogP contribution in [0.5, 0.6) is 0 Å². The van der Waals surface area contributed by atoms with Gasteiger partial charge in [0.15, 0.2) is 5.76 Å². The van der Waals surface area contributed by atoms with Crippen LogP contribution < -0.4 is 5.32 Å². The molecule has 106 valence electrons. The number of para-hydroxylation sites is 1. The standard InChI is InChI=1S/C17H21NO2/c1-3-8-17(9-5-10-18-17)16(19)14-11-13-7-4-6-12(2)15(13)20-14/h4,6-7,11,18H,3,5,8-10H2,1-2H3. The average molecular weight is 271 g/mol. The van der Waals surface area contributed by atoms with Gasteiger partial charge in [-0.05, 0) is 44.4 Å². The molecule has 0 aliphatic carbocycles. The zero-order valence-electron chi connectivity index (χ0n) is 12.2. The highest BCUT2D eigenvalue weighted by molar-refractivity contribution is 6.04. The molecule has 2 aromatic rings. The van der Waals surface area contributed by atoms with Crippen molar-refractivity contribution in [1.82, 2.24) is 5.32 Å². The lowest BCUT2D eigenvalue weighted by molar-refractivity contribution is 0.0830. The van der Waals surface area contributed by atoms with Crippen molar-refractivity contribution < 1.29 is 9.21 Å². The van der Waals surface area contributed by atoms with Crippen molar-refractivity contribution >= 4 is 16.8 Å². The third-order valence-electron chi connectivity index (χ3n) is 4.32. The van der Waals surface area contributed by atoms with Gasteiger partial charge in [-0.3, -0.25) is 4.79 Å². The zero-order valence-corrected chi connectivity index (χ0v) is 12.2. The lowest BCUT2D eigenvalue weighted by atomic mass is 9.86. The van der Waals surface area contributed by atoms with Crippen molar-refractivity contribution in [3.05, 3.63) is 35.6 Å². The van der Waals surface area contributed by atoms with Gasteiger partial charge in [0.05, 0.1) is 5.54 Å². The molecule has 1 aliphatic rings. The summed E-state index contributed by atoms with van der Waals surface area (Å²) in [7, 11) is 0. The summed E-state index contributed by atoms with van der Waals surface area (Å²) in [5, 5.41) is 4.43. The Labute approximate surface area is 119 Å². The molecule has 0 saturated carbocycles. The third-order valence-corrected chi connectivity index (χ3v) is 4.32. The Bertz CT molecular complexity index is 635. The maximum atomic E-state index is 12.9. The van der Waals surface area contributed by atoms with E-state index in [1.807, 2.05) is 31.2 Å². The molecule has 0 spiro atoms. The topological polar surface area (TPSA) is 42.2 Å². The van der Waals surface area contributed by atoms with Gasteiger partial charge in [-0.1, -0.05) is 31.5 Å². The molecule has 3 heteroatoms. The van der Waals surface area contributed by atoms with Gasteiger partial charge in [0.2, 0.25) is 5.78 Å². The number of carbonyl (C=O) groups is 1. The molecule has 1 aliphatic heterocycles. The fourth-order valence-corrected chi connectivity index (χ4v) is 3.31. The highest BCUT2D eigenvalue weighted by Gasteiger charge is 2.41. The van der Waals surface area contributed by atoms with Gasteiger partial charge >= 0.3 is 0 Å². The first-order valence-electron chi connectivity index (χ1n) is 7.45. The van der Waals surface area contributed by atoms with Crippen molar-refractivity contribution in [2.24, 2.45) is 0 Å². The van der Waals surface area contributed by atoms with Crippen molar-refractivity contribution in [2.45, 2.75) is 45.1 Å². The summed E-state index contributed by atoms with van der Waals surface area (Å²) in [5.74, 6) is 0.615. The predicted molar refractivity (Wildman–Crippen MR) is 80.2 cm³/mol. The van der Waals surface area contributed by atoms with Gasteiger partial charge in [0, 0.05) is 5.39 Å². The van der Waals surface area contributed by atoms with Gasteiger partial charge in [-0.2, -0.15) is 0 Å². The number of rotatable bonds is 4. The normalized spacial score (nSPS) is 22.5. The monoisotopic (exact) mass is 271 g/mol. The third kappa shape index (κ3) is 2.06. The SMILES string of the molecule is CCCC1(C(=O)c2cc3cccc(C)c3o2)CCCN1. The lowest BCUT2D eigenvalue weighted by Gasteiger charge is -2.26. The summed E-state index contributed by atoms with van der Waals surface area (Å²) in [6.45, 7) is 5.05. The molecule has 1 atom stereocenters. The minimum absolute atomic E-state index is 0.118. The molecule has 1 unspecified atom stereocenters. The number of hydrogen-bond donors (Lipinski definition) is 1. The number of hydrogen-bond acceptors (Lipinski definition) is 3. The maximum absolute atomic E-state index is 12.9. The average Bonchev–Trinajstić information content (AvgIpc) is 3.06. The van der Waals surface area contributed by atoms with Crippen LogP contribution in [-0.4, -0.2) is 17.9 Å². The highest BCUT2D eigenvalue weighted by Crippen LogP contribution is 2.31. The van der Waals surface area contributed by atoms with E-state index in [1.165, 1.54) is 0 Å². The molecule has 1 saturated heterocycles. The first kappa shape index (κ1) is 13.4. The Balaban J connectivity index is 2.01. The molecule has 0 radical (unpaired) electrons. The highest BCUT2D eigenvalue weighted by atomic mass is 16.3. The van der Waals surface area contributed by atoms with E-state index in [0.717, 1.165) is 48.8 Å². The molecule has 1 N–H and O–H groups in total. The van der Waals surface area contributed by atoms with E-state index in [2.05, 4.69) is 12.2 Å². The van der Waals surface area contributed by atoms with E-state index >= 15 is 0 Å². The molecule has 0 bridgehead atoms. The molecular weight excluding hydrogens is 250 g/mol. The van der Waals surface area contributed by atoms with Gasteiger partial charge in [-0.15, -0.1) is 0 Å². The second kappa shape index (κ2) is 5.06. The lowest BCUT2D eigenvalue weighted by Crippen LogP contribution is -2.47. The summed E-state index contributed by atoms with van der Waals surface area (Å²) in [5.41, 5.74) is 1.50. The first-order chi connectivity index (χ1) is 9.66. The van der Waals surface area contributed by atoms with Crippen LogP contribution in [0.1, 0.15) is 48.7 Å². The zero-order chi connectivity index (χ0) is 14.2. The van der Waals surface area contributed by atoms with E-state index in [1.54, 1.807) is 0 Å². The van der Waals surface area contributed by atoms with Crippen molar-refractivity contribution in [3.8, 4) is 0 Å². The number of aryl methyl sites for hydroxylation is 1. The number of furan rings is 1. The second-order valence-corrected chi connectivity index (χ2v) is 5.80. The van der Waals surface area contributed by atoms with E-state index in [0.29, 0.717) is 5.76 Å². The Hall–Kier alpha value is -1.61. The van der Waals surface area contributed by atoms with Crippen LogP contribution in [0, 0.1) is 6.92 Å². The summed E-state index contributed by atoms with van der Waals surface area (Å²) >= 11 is 0. The number of fused-ring (bicyclic) bond motifs is 1. The molecule has 3 nitrogen and oxygen atoms in total. The van der Waals surface area contributed by atoms with Crippen molar-refractivity contribution in [2.75, 3.05) is 6.54 Å². The van der Waals surface area contributed by atoms with Gasteiger partial charge in [-0.25, -0.2) is 0 Å². The van der Waals surface area contributed by atoms with Crippen LogP contribution in [0.25, 0.3) is 11.0 Å². The van der Waals surface area contributed by atoms with Crippen LogP contribution in [0.15, 0.2) is 28.7 Å². The quantitative estimate of drug-likeness (QED) is 0.859. The van der Waals surface area contributed by atoms with Crippen molar-refractivity contribution in [3.63, 3.8) is 0 Å². The largest absolute Gasteiger partial charge is 0.453 e. The number of Topliss-reactive ketones (excluding diaryl/α,β-unsaturated/α-hetero) is 1. The Morgan fingerprint density at radius 3 is 2.95 bits per heavy atom. The fraction of sp³-hybridized carbons (Fsp3) is 0.471. The Morgan fingerprint density at radius 2 is 2.30 bits per heavy atom. The molecule has 0 amide bonds. The Kier molecular flexibility index (Phi) is 3.38. The van der Waals surface area contributed by atoms with Gasteiger partial charge < -0.3 is 9.73 Å². The van der Waals surface area contributed by atoms with E-state index < -0.39 is 5.54 Å². The van der Waals surface area contributed by atoms with E-state index in [9.17, 15) is 4.79 Å². The van der Waals surface area contributed by atoms with Gasteiger partial charge in [0.25, 0.3) is 0 Å².